The number of carbonyl (C=O) groups is 3. The molecule has 7 nitrogen and oxygen atoms in total. The van der Waals surface area contributed by atoms with E-state index in [2.05, 4.69) is 0 Å². The predicted molar refractivity (Wildman–Crippen MR) is 103 cm³/mol. The van der Waals surface area contributed by atoms with Gasteiger partial charge < -0.3 is 18.8 Å². The maximum absolute atomic E-state index is 12.8. The van der Waals surface area contributed by atoms with E-state index in [-0.39, 0.29) is 12.3 Å². The Morgan fingerprint density at radius 3 is 2.55 bits per heavy atom. The number of hydrogen-bond donors (Lipinski definition) is 0. The molecule has 0 radical (unpaired) electrons. The molecule has 1 aliphatic heterocycles. The minimum Gasteiger partial charge on any atom is -0.467 e. The summed E-state index contributed by atoms with van der Waals surface area (Å²) in [5.41, 5.74) is 2.50. The summed E-state index contributed by atoms with van der Waals surface area (Å²) < 4.78 is 15.5. The number of amides is 1. The van der Waals surface area contributed by atoms with Crippen LogP contribution in [0.5, 0.6) is 0 Å². The van der Waals surface area contributed by atoms with E-state index in [9.17, 15) is 14.4 Å². The van der Waals surface area contributed by atoms with Gasteiger partial charge in [-0.3, -0.25) is 4.79 Å². The molecule has 1 atom stereocenters. The molecule has 0 unspecified atom stereocenters. The van der Waals surface area contributed by atoms with Crippen molar-refractivity contribution < 1.29 is 28.3 Å². The van der Waals surface area contributed by atoms with Gasteiger partial charge in [-0.05, 0) is 23.3 Å². The number of benzene rings is 2. The van der Waals surface area contributed by atoms with Crippen LogP contribution in [0.3, 0.4) is 0 Å². The fourth-order valence-electron chi connectivity index (χ4n) is 3.50. The van der Waals surface area contributed by atoms with Crippen molar-refractivity contribution in [3.63, 3.8) is 0 Å². The Balaban J connectivity index is 1.47. The molecular weight excluding hydrogens is 374 g/mol. The standard InChI is InChI=1S/C22H19NO6/c1-27-21(25)17-10-14-6-2-3-8-16(14)12-23(17)20(24)13-28-22(26)19-11-15-7-4-5-9-18(15)29-19/h2-9,11,17H,10,12-13H2,1H3/t17-/m1/s1. The lowest BCUT2D eigenvalue weighted by molar-refractivity contribution is -0.155. The molecule has 2 aromatic carbocycles. The molecule has 3 aromatic rings. The minimum atomic E-state index is -0.757. The van der Waals surface area contributed by atoms with E-state index in [0.717, 1.165) is 16.5 Å². The van der Waals surface area contributed by atoms with Crippen molar-refractivity contribution in [2.24, 2.45) is 0 Å². The molecule has 7 heteroatoms. The number of furan rings is 1. The molecule has 0 saturated carbocycles. The summed E-state index contributed by atoms with van der Waals surface area (Å²) in [7, 11) is 1.28. The lowest BCUT2D eigenvalue weighted by Crippen LogP contribution is -2.50. The molecule has 4 rings (SSSR count). The Morgan fingerprint density at radius 1 is 1.07 bits per heavy atom. The molecule has 29 heavy (non-hydrogen) atoms. The van der Waals surface area contributed by atoms with Gasteiger partial charge in [-0.25, -0.2) is 9.59 Å². The maximum Gasteiger partial charge on any atom is 0.374 e. The molecule has 0 spiro atoms. The first kappa shape index (κ1) is 18.7. The molecule has 148 valence electrons. The molecule has 0 bridgehead atoms. The summed E-state index contributed by atoms with van der Waals surface area (Å²) in [6.07, 6.45) is 0.353. The monoisotopic (exact) mass is 393 g/mol. The summed E-state index contributed by atoms with van der Waals surface area (Å²) in [6, 6.07) is 15.6. The van der Waals surface area contributed by atoms with Gasteiger partial charge in [0.15, 0.2) is 6.61 Å². The van der Waals surface area contributed by atoms with Crippen LogP contribution in [0.2, 0.25) is 0 Å². The Kier molecular flexibility index (Phi) is 5.03. The number of fused-ring (bicyclic) bond motifs is 2. The average Bonchev–Trinajstić information content (AvgIpc) is 3.20. The molecule has 2 heterocycles. The van der Waals surface area contributed by atoms with Gasteiger partial charge in [0.25, 0.3) is 5.91 Å². The van der Waals surface area contributed by atoms with E-state index < -0.39 is 30.5 Å². The van der Waals surface area contributed by atoms with Crippen molar-refractivity contribution in [2.45, 2.75) is 19.0 Å². The van der Waals surface area contributed by atoms with Crippen molar-refractivity contribution in [1.29, 1.82) is 0 Å². The highest BCUT2D eigenvalue weighted by Gasteiger charge is 2.35. The van der Waals surface area contributed by atoms with Crippen molar-refractivity contribution in [1.82, 2.24) is 4.90 Å². The zero-order valence-electron chi connectivity index (χ0n) is 15.8. The highest BCUT2D eigenvalue weighted by Crippen LogP contribution is 2.24. The third-order valence-corrected chi connectivity index (χ3v) is 5.00. The third kappa shape index (κ3) is 3.71. The smallest absolute Gasteiger partial charge is 0.374 e. The van der Waals surface area contributed by atoms with Crippen LogP contribution in [0, 0.1) is 0 Å². The Hall–Kier alpha value is -3.61. The van der Waals surface area contributed by atoms with E-state index in [1.54, 1.807) is 18.2 Å². The van der Waals surface area contributed by atoms with Crippen molar-refractivity contribution >= 4 is 28.8 Å². The van der Waals surface area contributed by atoms with Gasteiger partial charge in [0.1, 0.15) is 11.6 Å². The van der Waals surface area contributed by atoms with E-state index in [4.69, 9.17) is 13.9 Å². The fraction of sp³-hybridized carbons (Fsp3) is 0.227. The number of rotatable bonds is 4. The van der Waals surface area contributed by atoms with Gasteiger partial charge in [-0.2, -0.15) is 0 Å². The number of ether oxygens (including phenoxy) is 2. The van der Waals surface area contributed by atoms with Crippen LogP contribution in [0.15, 0.2) is 59.0 Å². The summed E-state index contributed by atoms with van der Waals surface area (Å²) in [5.74, 6) is -1.69. The number of nitrogens with zero attached hydrogens (tertiary/aromatic N) is 1. The SMILES string of the molecule is COC(=O)[C@H]1Cc2ccccc2CN1C(=O)COC(=O)c1cc2ccccc2o1. The fourth-order valence-corrected chi connectivity index (χ4v) is 3.50. The molecule has 1 aliphatic rings. The quantitative estimate of drug-likeness (QED) is 0.634. The molecular formula is C22H19NO6. The highest BCUT2D eigenvalue weighted by molar-refractivity contribution is 5.94. The van der Waals surface area contributed by atoms with E-state index in [1.807, 2.05) is 36.4 Å². The second-order valence-electron chi connectivity index (χ2n) is 6.76. The molecule has 0 N–H and O–H groups in total. The number of para-hydroxylation sites is 1. The van der Waals surface area contributed by atoms with Crippen molar-refractivity contribution in [3.05, 3.63) is 71.5 Å². The summed E-state index contributed by atoms with van der Waals surface area (Å²) >= 11 is 0. The van der Waals surface area contributed by atoms with Crippen LogP contribution >= 0.6 is 0 Å². The minimum absolute atomic E-state index is 0.0208. The number of esters is 2. The van der Waals surface area contributed by atoms with Gasteiger partial charge in [0, 0.05) is 18.4 Å². The Morgan fingerprint density at radius 2 is 1.79 bits per heavy atom. The zero-order valence-corrected chi connectivity index (χ0v) is 15.8. The largest absolute Gasteiger partial charge is 0.467 e. The number of carbonyl (C=O) groups excluding carboxylic acids is 3. The van der Waals surface area contributed by atoms with Crippen molar-refractivity contribution in [3.8, 4) is 0 Å². The molecule has 0 fully saturated rings. The Bertz CT molecular complexity index is 1050. The number of hydrogen-bond acceptors (Lipinski definition) is 6. The number of methoxy groups -OCH3 is 1. The van der Waals surface area contributed by atoms with Crippen LogP contribution in [-0.4, -0.2) is 42.5 Å². The van der Waals surface area contributed by atoms with E-state index in [0.29, 0.717) is 12.0 Å². The first-order valence-corrected chi connectivity index (χ1v) is 9.16. The lowest BCUT2D eigenvalue weighted by atomic mass is 9.94. The second kappa shape index (κ2) is 7.79. The molecule has 1 amide bonds. The van der Waals surface area contributed by atoms with Gasteiger partial charge in [0.05, 0.1) is 7.11 Å². The average molecular weight is 393 g/mol. The normalized spacial score (nSPS) is 15.6. The first-order chi connectivity index (χ1) is 14.1. The molecule has 1 aromatic heterocycles. The van der Waals surface area contributed by atoms with Crippen LogP contribution in [0.1, 0.15) is 21.7 Å². The van der Waals surface area contributed by atoms with Gasteiger partial charge >= 0.3 is 11.9 Å². The molecule has 0 aliphatic carbocycles. The van der Waals surface area contributed by atoms with Gasteiger partial charge in [-0.15, -0.1) is 0 Å². The highest BCUT2D eigenvalue weighted by atomic mass is 16.5. The van der Waals surface area contributed by atoms with E-state index >= 15 is 0 Å². The zero-order chi connectivity index (χ0) is 20.4. The summed E-state index contributed by atoms with van der Waals surface area (Å²) in [4.78, 5) is 38.7. The second-order valence-corrected chi connectivity index (χ2v) is 6.76. The predicted octanol–water partition coefficient (Wildman–Crippen LogP) is 2.72. The van der Waals surface area contributed by atoms with Crippen LogP contribution < -0.4 is 0 Å². The van der Waals surface area contributed by atoms with Crippen LogP contribution in [0.4, 0.5) is 0 Å². The summed E-state index contributed by atoms with van der Waals surface area (Å²) in [6.45, 7) is -0.248. The van der Waals surface area contributed by atoms with Crippen molar-refractivity contribution in [2.75, 3.05) is 13.7 Å². The molecule has 0 saturated heterocycles. The van der Waals surface area contributed by atoms with Crippen LogP contribution in [0.25, 0.3) is 11.0 Å². The van der Waals surface area contributed by atoms with Crippen LogP contribution in [-0.2, 0) is 32.0 Å². The Labute approximate surface area is 166 Å². The third-order valence-electron chi connectivity index (χ3n) is 5.00. The summed E-state index contributed by atoms with van der Waals surface area (Å²) in [5, 5.41) is 0.768. The lowest BCUT2D eigenvalue weighted by Gasteiger charge is -2.35. The first-order valence-electron chi connectivity index (χ1n) is 9.16. The van der Waals surface area contributed by atoms with Gasteiger partial charge in [-0.1, -0.05) is 42.5 Å². The maximum atomic E-state index is 12.8. The topological polar surface area (TPSA) is 86.0 Å². The van der Waals surface area contributed by atoms with E-state index in [1.165, 1.54) is 12.0 Å². The van der Waals surface area contributed by atoms with Gasteiger partial charge in [0.2, 0.25) is 5.76 Å².